The molecule has 1 aliphatic heterocycles. The number of methoxy groups -OCH3 is 1. The van der Waals surface area contributed by atoms with E-state index in [1.165, 1.54) is 0 Å². The number of piperazine rings is 1. The number of halogens is 1. The predicted molar refractivity (Wildman–Crippen MR) is 75.4 cm³/mol. The van der Waals surface area contributed by atoms with Crippen molar-refractivity contribution in [3.8, 4) is 0 Å². The smallest absolute Gasteiger partial charge is 0.289 e. The number of carbonyl (C=O) groups excluding carboxylic acids is 2. The van der Waals surface area contributed by atoms with Gasteiger partial charge in [-0.25, -0.2) is 0 Å². The van der Waals surface area contributed by atoms with E-state index >= 15 is 0 Å². The van der Waals surface area contributed by atoms with Gasteiger partial charge in [-0.3, -0.25) is 9.59 Å². The zero-order valence-electron chi connectivity index (χ0n) is 11.3. The molecule has 0 N–H and O–H groups in total. The molecule has 6 nitrogen and oxygen atoms in total. The Morgan fingerprint density at radius 3 is 2.45 bits per heavy atom. The van der Waals surface area contributed by atoms with Crippen LogP contribution in [0.1, 0.15) is 17.0 Å². The summed E-state index contributed by atoms with van der Waals surface area (Å²) >= 11 is 3.17. The molecule has 0 aliphatic carbocycles. The maximum atomic E-state index is 12.1. The minimum Gasteiger partial charge on any atom is -0.444 e. The van der Waals surface area contributed by atoms with Crippen LogP contribution in [-0.4, -0.2) is 61.5 Å². The number of rotatable bonds is 4. The molecule has 7 heteroatoms. The molecule has 0 spiro atoms. The van der Waals surface area contributed by atoms with Gasteiger partial charge in [-0.1, -0.05) is 0 Å². The van der Waals surface area contributed by atoms with Gasteiger partial charge in [0.2, 0.25) is 5.91 Å². The Bertz CT molecular complexity index is 480. The maximum absolute atomic E-state index is 12.1. The monoisotopic (exact) mass is 344 g/mol. The quantitative estimate of drug-likeness (QED) is 0.827. The first-order valence-electron chi connectivity index (χ1n) is 6.43. The number of carbonyl (C=O) groups is 2. The number of hydrogen-bond donors (Lipinski definition) is 0. The lowest BCUT2D eigenvalue weighted by Crippen LogP contribution is -2.50. The molecule has 2 amide bonds. The zero-order chi connectivity index (χ0) is 14.5. The lowest BCUT2D eigenvalue weighted by atomic mass is 10.2. The first-order valence-corrected chi connectivity index (χ1v) is 7.22. The van der Waals surface area contributed by atoms with Crippen molar-refractivity contribution in [3.63, 3.8) is 0 Å². The summed E-state index contributed by atoms with van der Waals surface area (Å²) in [6.45, 7) is 2.58. The van der Waals surface area contributed by atoms with Crippen LogP contribution in [0.4, 0.5) is 0 Å². The summed E-state index contributed by atoms with van der Waals surface area (Å²) in [4.78, 5) is 27.4. The van der Waals surface area contributed by atoms with E-state index < -0.39 is 0 Å². The van der Waals surface area contributed by atoms with Crippen molar-refractivity contribution < 1.29 is 18.7 Å². The summed E-state index contributed by atoms with van der Waals surface area (Å²) in [5.41, 5.74) is 0. The van der Waals surface area contributed by atoms with E-state index in [-0.39, 0.29) is 11.8 Å². The molecule has 2 rings (SSSR count). The van der Waals surface area contributed by atoms with Crippen molar-refractivity contribution in [1.82, 2.24) is 9.80 Å². The van der Waals surface area contributed by atoms with Crippen LogP contribution in [0, 0.1) is 0 Å². The lowest BCUT2D eigenvalue weighted by Gasteiger charge is -2.34. The topological polar surface area (TPSA) is 63.0 Å². The van der Waals surface area contributed by atoms with E-state index in [2.05, 4.69) is 15.9 Å². The van der Waals surface area contributed by atoms with Crippen LogP contribution in [0.5, 0.6) is 0 Å². The Morgan fingerprint density at radius 2 is 1.90 bits per heavy atom. The first kappa shape index (κ1) is 15.1. The number of hydrogen-bond acceptors (Lipinski definition) is 4. The Morgan fingerprint density at radius 1 is 1.25 bits per heavy atom. The van der Waals surface area contributed by atoms with Crippen LogP contribution < -0.4 is 0 Å². The number of amides is 2. The highest BCUT2D eigenvalue weighted by Crippen LogP contribution is 2.16. The fourth-order valence-electron chi connectivity index (χ4n) is 2.09. The normalized spacial score (nSPS) is 15.5. The van der Waals surface area contributed by atoms with Crippen LogP contribution in [0.2, 0.25) is 0 Å². The minimum absolute atomic E-state index is 0.0692. The van der Waals surface area contributed by atoms with E-state index in [4.69, 9.17) is 9.15 Å². The van der Waals surface area contributed by atoms with E-state index in [0.29, 0.717) is 49.6 Å². The Hall–Kier alpha value is -1.34. The lowest BCUT2D eigenvalue weighted by molar-refractivity contribution is -0.133. The third-order valence-electron chi connectivity index (χ3n) is 3.22. The molecule has 0 aromatic carbocycles. The summed E-state index contributed by atoms with van der Waals surface area (Å²) in [6.07, 6.45) is 0.385. The van der Waals surface area contributed by atoms with Crippen molar-refractivity contribution in [2.24, 2.45) is 0 Å². The fraction of sp³-hybridized carbons (Fsp3) is 0.538. The molecule has 2 heterocycles. The second-order valence-corrected chi connectivity index (χ2v) is 5.30. The van der Waals surface area contributed by atoms with E-state index in [1.54, 1.807) is 29.0 Å². The van der Waals surface area contributed by atoms with Gasteiger partial charge in [0.25, 0.3) is 5.91 Å². The van der Waals surface area contributed by atoms with E-state index in [1.807, 2.05) is 0 Å². The van der Waals surface area contributed by atoms with Gasteiger partial charge in [-0.2, -0.15) is 0 Å². The van der Waals surface area contributed by atoms with Crippen molar-refractivity contribution in [1.29, 1.82) is 0 Å². The fourth-order valence-corrected chi connectivity index (χ4v) is 2.40. The van der Waals surface area contributed by atoms with Crippen molar-refractivity contribution in [2.75, 3.05) is 39.9 Å². The maximum Gasteiger partial charge on any atom is 0.289 e. The second-order valence-electron chi connectivity index (χ2n) is 4.52. The van der Waals surface area contributed by atoms with Gasteiger partial charge in [0.05, 0.1) is 13.0 Å². The summed E-state index contributed by atoms with van der Waals surface area (Å²) in [6, 6.07) is 3.33. The molecule has 0 atom stereocenters. The van der Waals surface area contributed by atoms with Crippen LogP contribution in [0.15, 0.2) is 21.2 Å². The molecular formula is C13H17BrN2O4. The highest BCUT2D eigenvalue weighted by atomic mass is 79.9. The standard InChI is InChI=1S/C13H17BrN2O4/c1-19-9-4-12(17)15-5-7-16(8-6-15)13(18)10-2-3-11(14)20-10/h2-3H,4-9H2,1H3. The SMILES string of the molecule is COCCC(=O)N1CCN(C(=O)c2ccc(Br)o2)CC1. The van der Waals surface area contributed by atoms with Gasteiger partial charge in [-0.15, -0.1) is 0 Å². The van der Waals surface area contributed by atoms with Crippen molar-refractivity contribution in [3.05, 3.63) is 22.6 Å². The summed E-state index contributed by atoms with van der Waals surface area (Å²) < 4.78 is 10.7. The molecule has 1 saturated heterocycles. The van der Waals surface area contributed by atoms with E-state index in [9.17, 15) is 9.59 Å². The molecule has 0 radical (unpaired) electrons. The van der Waals surface area contributed by atoms with Gasteiger partial charge in [0.15, 0.2) is 10.4 Å². The Balaban J connectivity index is 1.85. The molecule has 1 aliphatic rings. The summed E-state index contributed by atoms with van der Waals surface area (Å²) in [5, 5.41) is 0. The van der Waals surface area contributed by atoms with Crippen LogP contribution in [-0.2, 0) is 9.53 Å². The van der Waals surface area contributed by atoms with Crippen LogP contribution >= 0.6 is 15.9 Å². The molecule has 0 unspecified atom stereocenters. The number of furan rings is 1. The predicted octanol–water partition coefficient (Wildman–Crippen LogP) is 1.36. The van der Waals surface area contributed by atoms with Gasteiger partial charge < -0.3 is 19.0 Å². The van der Waals surface area contributed by atoms with Crippen molar-refractivity contribution >= 4 is 27.7 Å². The highest BCUT2D eigenvalue weighted by Gasteiger charge is 2.26. The van der Waals surface area contributed by atoms with Gasteiger partial charge in [-0.05, 0) is 28.1 Å². The molecule has 0 saturated carbocycles. The molecule has 20 heavy (non-hydrogen) atoms. The summed E-state index contributed by atoms with van der Waals surface area (Å²) in [5.74, 6) is 0.246. The average molecular weight is 345 g/mol. The molecule has 1 aromatic rings. The molecule has 1 fully saturated rings. The first-order chi connectivity index (χ1) is 9.61. The summed E-state index contributed by atoms with van der Waals surface area (Å²) in [7, 11) is 1.57. The average Bonchev–Trinajstić information content (AvgIpc) is 2.90. The molecule has 1 aromatic heterocycles. The Labute approximate surface area is 125 Å². The molecule has 0 bridgehead atoms. The highest BCUT2D eigenvalue weighted by molar-refractivity contribution is 9.10. The molecule has 110 valence electrons. The molecular weight excluding hydrogens is 328 g/mol. The zero-order valence-corrected chi connectivity index (χ0v) is 12.9. The Kier molecular flexibility index (Phi) is 5.19. The largest absolute Gasteiger partial charge is 0.444 e. The third kappa shape index (κ3) is 3.61. The van der Waals surface area contributed by atoms with Crippen molar-refractivity contribution in [2.45, 2.75) is 6.42 Å². The number of ether oxygens (including phenoxy) is 1. The minimum atomic E-state index is -0.139. The van der Waals surface area contributed by atoms with E-state index in [0.717, 1.165) is 0 Å². The van der Waals surface area contributed by atoms with Gasteiger partial charge in [0, 0.05) is 33.3 Å². The van der Waals surface area contributed by atoms with Gasteiger partial charge in [0.1, 0.15) is 0 Å². The second kappa shape index (κ2) is 6.90. The number of nitrogens with zero attached hydrogens (tertiary/aromatic N) is 2. The third-order valence-corrected chi connectivity index (χ3v) is 3.65. The van der Waals surface area contributed by atoms with Gasteiger partial charge >= 0.3 is 0 Å². The van der Waals surface area contributed by atoms with Crippen LogP contribution in [0.25, 0.3) is 0 Å². The van der Waals surface area contributed by atoms with Crippen LogP contribution in [0.3, 0.4) is 0 Å².